The summed E-state index contributed by atoms with van der Waals surface area (Å²) < 4.78 is 5.84. The number of amides is 2. The van der Waals surface area contributed by atoms with Crippen LogP contribution in [0.15, 0.2) is 24.3 Å². The molecule has 0 bridgehead atoms. The molecule has 1 unspecified atom stereocenters. The van der Waals surface area contributed by atoms with Crippen LogP contribution < -0.4 is 5.32 Å². The van der Waals surface area contributed by atoms with Gasteiger partial charge in [0.2, 0.25) is 11.7 Å². The number of ketones is 3. The van der Waals surface area contributed by atoms with Crippen molar-refractivity contribution >= 4 is 29.4 Å². The molecule has 4 fully saturated rings. The summed E-state index contributed by atoms with van der Waals surface area (Å²) in [6, 6.07) is 6.65. The zero-order valence-corrected chi connectivity index (χ0v) is 26.7. The lowest BCUT2D eigenvalue weighted by molar-refractivity contribution is -0.144. The number of piperidine rings is 1. The van der Waals surface area contributed by atoms with Crippen LogP contribution in [0.3, 0.4) is 0 Å². The van der Waals surface area contributed by atoms with Crippen LogP contribution in [0.2, 0.25) is 0 Å². The molecular formula is C36H48N2O6. The highest BCUT2D eigenvalue weighted by Gasteiger charge is 2.69. The SMILES string of the molecule is CCC(=O)C(=O)C(CC(=O)[C@@H]1[C@@H]2[C@H](CN1C(=O)[C@@H](NC(=O)O[C@H]1CCC[C@@H]1C)C1Cc3ccccc3C1)C2(C)C)CC1CC1. The molecule has 1 aliphatic heterocycles. The minimum Gasteiger partial charge on any atom is -0.446 e. The van der Waals surface area contributed by atoms with E-state index in [1.54, 1.807) is 11.8 Å². The van der Waals surface area contributed by atoms with Crippen LogP contribution in [0.5, 0.6) is 0 Å². The highest BCUT2D eigenvalue weighted by Crippen LogP contribution is 2.65. The third-order valence-corrected chi connectivity index (χ3v) is 11.7. The average Bonchev–Trinajstić information content (AvgIpc) is 3.63. The Kier molecular flexibility index (Phi) is 8.48. The van der Waals surface area contributed by atoms with Crippen molar-refractivity contribution in [3.63, 3.8) is 0 Å². The Morgan fingerprint density at radius 1 is 1.02 bits per heavy atom. The molecule has 1 saturated heterocycles. The first-order valence-electron chi connectivity index (χ1n) is 16.9. The number of fused-ring (bicyclic) bond motifs is 2. The fourth-order valence-corrected chi connectivity index (χ4v) is 8.66. The van der Waals surface area contributed by atoms with Gasteiger partial charge in [0, 0.05) is 25.3 Å². The lowest BCUT2D eigenvalue weighted by Crippen LogP contribution is -2.57. The molecule has 0 aromatic heterocycles. The Labute approximate surface area is 261 Å². The van der Waals surface area contributed by atoms with Gasteiger partial charge >= 0.3 is 6.09 Å². The second kappa shape index (κ2) is 12.1. The molecular weight excluding hydrogens is 556 g/mol. The minimum atomic E-state index is -0.826. The lowest BCUT2D eigenvalue weighted by Gasteiger charge is -2.35. The number of hydrogen-bond acceptors (Lipinski definition) is 6. The van der Waals surface area contributed by atoms with Gasteiger partial charge in [0.15, 0.2) is 11.6 Å². The molecule has 5 aliphatic rings. The van der Waals surface area contributed by atoms with E-state index in [4.69, 9.17) is 4.74 Å². The first-order chi connectivity index (χ1) is 21.0. The molecule has 8 nitrogen and oxygen atoms in total. The van der Waals surface area contributed by atoms with Gasteiger partial charge < -0.3 is 15.0 Å². The molecule has 1 aromatic rings. The summed E-state index contributed by atoms with van der Waals surface area (Å²) in [6.07, 6.45) is 6.18. The number of alkyl carbamates (subject to hydrolysis) is 1. The van der Waals surface area contributed by atoms with Crippen molar-refractivity contribution in [1.82, 2.24) is 10.2 Å². The third kappa shape index (κ3) is 5.97. The molecule has 2 amide bonds. The Bertz CT molecular complexity index is 1310. The quantitative estimate of drug-likeness (QED) is 0.333. The Morgan fingerprint density at radius 3 is 2.30 bits per heavy atom. The number of hydrogen-bond donors (Lipinski definition) is 1. The van der Waals surface area contributed by atoms with Crippen molar-refractivity contribution in [1.29, 1.82) is 0 Å². The van der Waals surface area contributed by atoms with Crippen LogP contribution >= 0.6 is 0 Å². The highest BCUT2D eigenvalue weighted by molar-refractivity contribution is 6.38. The second-order valence-corrected chi connectivity index (χ2v) is 15.0. The van der Waals surface area contributed by atoms with Gasteiger partial charge in [0.1, 0.15) is 12.1 Å². The molecule has 1 heterocycles. The first kappa shape index (κ1) is 31.0. The van der Waals surface area contributed by atoms with E-state index < -0.39 is 35.7 Å². The largest absolute Gasteiger partial charge is 0.446 e. The monoisotopic (exact) mass is 604 g/mol. The topological polar surface area (TPSA) is 110 Å². The van der Waals surface area contributed by atoms with Crippen LogP contribution in [-0.4, -0.2) is 59.0 Å². The fourth-order valence-electron chi connectivity index (χ4n) is 8.66. The predicted molar refractivity (Wildman–Crippen MR) is 165 cm³/mol. The van der Waals surface area contributed by atoms with E-state index in [1.807, 2.05) is 12.1 Å². The van der Waals surface area contributed by atoms with E-state index >= 15 is 0 Å². The number of nitrogens with one attached hydrogen (secondary N) is 1. The van der Waals surface area contributed by atoms with Gasteiger partial charge in [-0.2, -0.15) is 0 Å². The van der Waals surface area contributed by atoms with Crippen LogP contribution in [0.1, 0.15) is 90.2 Å². The van der Waals surface area contributed by atoms with Crippen molar-refractivity contribution in [2.45, 2.75) is 110 Å². The Morgan fingerprint density at radius 2 is 1.70 bits per heavy atom. The number of carbonyl (C=O) groups is 5. The zero-order valence-electron chi connectivity index (χ0n) is 26.7. The molecule has 1 N–H and O–H groups in total. The van der Waals surface area contributed by atoms with Crippen molar-refractivity contribution in [3.8, 4) is 0 Å². The van der Waals surface area contributed by atoms with Crippen molar-refractivity contribution < 1.29 is 28.7 Å². The van der Waals surface area contributed by atoms with Crippen LogP contribution in [-0.2, 0) is 36.8 Å². The molecule has 6 rings (SSSR count). The fraction of sp³-hybridized carbons (Fsp3) is 0.694. The number of likely N-dealkylation sites (tertiary alicyclic amines) is 1. The van der Waals surface area contributed by atoms with Gasteiger partial charge in [-0.25, -0.2) is 4.79 Å². The molecule has 4 aliphatic carbocycles. The third-order valence-electron chi connectivity index (χ3n) is 11.7. The van der Waals surface area contributed by atoms with Gasteiger partial charge in [-0.15, -0.1) is 0 Å². The maximum absolute atomic E-state index is 14.6. The summed E-state index contributed by atoms with van der Waals surface area (Å²) >= 11 is 0. The van der Waals surface area contributed by atoms with Crippen LogP contribution in [0, 0.1) is 40.9 Å². The number of carbonyl (C=O) groups excluding carboxylic acids is 5. The summed E-state index contributed by atoms with van der Waals surface area (Å²) in [5, 5.41) is 2.98. The van der Waals surface area contributed by atoms with E-state index in [1.165, 1.54) is 11.1 Å². The molecule has 1 aromatic carbocycles. The summed E-state index contributed by atoms with van der Waals surface area (Å²) in [5.74, 6) is -1.15. The minimum absolute atomic E-state index is 0.00483. The van der Waals surface area contributed by atoms with Crippen molar-refractivity contribution in [2.75, 3.05) is 6.54 Å². The summed E-state index contributed by atoms with van der Waals surface area (Å²) in [6.45, 7) is 8.50. The number of ether oxygens (including phenoxy) is 1. The van der Waals surface area contributed by atoms with Gasteiger partial charge in [0.25, 0.3) is 0 Å². The van der Waals surface area contributed by atoms with E-state index in [-0.39, 0.29) is 59.7 Å². The summed E-state index contributed by atoms with van der Waals surface area (Å²) in [7, 11) is 0. The normalized spacial score (nSPS) is 29.8. The van der Waals surface area contributed by atoms with Crippen molar-refractivity contribution in [3.05, 3.63) is 35.4 Å². The maximum atomic E-state index is 14.6. The second-order valence-electron chi connectivity index (χ2n) is 15.0. The van der Waals surface area contributed by atoms with Gasteiger partial charge in [-0.1, -0.05) is 64.8 Å². The van der Waals surface area contributed by atoms with Crippen LogP contribution in [0.25, 0.3) is 0 Å². The van der Waals surface area contributed by atoms with Crippen molar-refractivity contribution in [2.24, 2.45) is 40.9 Å². The van der Waals surface area contributed by atoms with Crippen LogP contribution in [0.4, 0.5) is 4.79 Å². The average molecular weight is 605 g/mol. The van der Waals surface area contributed by atoms with E-state index in [2.05, 4.69) is 38.2 Å². The number of rotatable bonds is 12. The number of nitrogens with zero attached hydrogens (tertiary/aromatic N) is 1. The summed E-state index contributed by atoms with van der Waals surface area (Å²) in [4.78, 5) is 69.2. The van der Waals surface area contributed by atoms with E-state index in [0.717, 1.165) is 32.1 Å². The molecule has 3 saturated carbocycles. The molecule has 7 atom stereocenters. The first-order valence-corrected chi connectivity index (χ1v) is 16.9. The predicted octanol–water partition coefficient (Wildman–Crippen LogP) is 5.09. The molecule has 238 valence electrons. The van der Waals surface area contributed by atoms with Gasteiger partial charge in [-0.3, -0.25) is 19.2 Å². The smallest absolute Gasteiger partial charge is 0.408 e. The van der Waals surface area contributed by atoms with E-state index in [0.29, 0.717) is 31.7 Å². The zero-order chi connectivity index (χ0) is 31.3. The Balaban J connectivity index is 1.23. The molecule has 44 heavy (non-hydrogen) atoms. The molecule has 0 radical (unpaired) electrons. The number of benzene rings is 1. The Hall–Kier alpha value is -3.03. The lowest BCUT2D eigenvalue weighted by atomic mass is 9.85. The summed E-state index contributed by atoms with van der Waals surface area (Å²) in [5.41, 5.74) is 2.26. The van der Waals surface area contributed by atoms with E-state index in [9.17, 15) is 24.0 Å². The molecule has 8 heteroatoms. The molecule has 0 spiro atoms. The van der Waals surface area contributed by atoms with Gasteiger partial charge in [-0.05, 0) is 84.7 Å². The van der Waals surface area contributed by atoms with Gasteiger partial charge in [0.05, 0.1) is 6.04 Å². The standard InChI is InChI=1S/C36H48N2O6/c1-5-27(39)33(41)25(15-21-13-14-21)18-28(40)32-30-26(36(30,3)4)19-38(32)34(42)31(24-16-22-10-6-7-11-23(22)17-24)37-35(43)44-29-12-8-9-20(29)2/h6-7,10-11,20-21,24-26,29-32H,5,8-9,12-19H2,1-4H3,(H,37,43)/t20-,25?,26-,29-,30-,31-,32+/m0/s1. The highest BCUT2D eigenvalue weighted by atomic mass is 16.6. The maximum Gasteiger partial charge on any atom is 0.408 e. The number of Topliss-reactive ketones (excluding diaryl/α,β-unsaturated/α-hetero) is 3.